The van der Waals surface area contributed by atoms with E-state index in [2.05, 4.69) is 10.2 Å². The maximum atomic E-state index is 10.5. The second-order valence-electron chi connectivity index (χ2n) is 4.55. The van der Waals surface area contributed by atoms with Gasteiger partial charge in [0.1, 0.15) is 5.75 Å². The Morgan fingerprint density at radius 1 is 1.14 bits per heavy atom. The van der Waals surface area contributed by atoms with E-state index in [9.17, 15) is 9.90 Å². The van der Waals surface area contributed by atoms with E-state index in [0.29, 0.717) is 0 Å². The molecule has 1 aromatic heterocycles. The SMILES string of the molecule is O=C(O)CSc1cc(-c2ccc3cc(O)ccc3c2)n[nH]1. The standard InChI is InChI=1S/C15H12N2O3S/c18-12-4-3-9-5-11(2-1-10(9)6-12)13-7-14(17-16-13)21-8-15(19)20/h1-7,18H,8H2,(H,16,17)(H,19,20). The van der Waals surface area contributed by atoms with Crippen LogP contribution in [0.3, 0.4) is 0 Å². The van der Waals surface area contributed by atoms with E-state index < -0.39 is 5.97 Å². The van der Waals surface area contributed by atoms with Crippen molar-refractivity contribution in [3.05, 3.63) is 42.5 Å². The predicted molar refractivity (Wildman–Crippen MR) is 81.6 cm³/mol. The Bertz CT molecular complexity index is 814. The summed E-state index contributed by atoms with van der Waals surface area (Å²) in [6.45, 7) is 0. The molecular formula is C15H12N2O3S. The Morgan fingerprint density at radius 3 is 2.71 bits per heavy atom. The summed E-state index contributed by atoms with van der Waals surface area (Å²) in [6, 6.07) is 12.8. The molecule has 0 fully saturated rings. The fourth-order valence-electron chi connectivity index (χ4n) is 2.06. The van der Waals surface area contributed by atoms with Gasteiger partial charge in [-0.1, -0.05) is 30.0 Å². The van der Waals surface area contributed by atoms with E-state index in [0.717, 1.165) is 27.1 Å². The first-order chi connectivity index (χ1) is 10.1. The van der Waals surface area contributed by atoms with Gasteiger partial charge in [-0.05, 0) is 35.0 Å². The largest absolute Gasteiger partial charge is 0.508 e. The highest BCUT2D eigenvalue weighted by Crippen LogP contribution is 2.27. The van der Waals surface area contributed by atoms with Crippen LogP contribution in [0.1, 0.15) is 0 Å². The van der Waals surface area contributed by atoms with Crippen LogP contribution in [0.4, 0.5) is 0 Å². The number of rotatable bonds is 4. The number of aliphatic carboxylic acids is 1. The molecule has 3 aromatic rings. The molecule has 0 saturated heterocycles. The van der Waals surface area contributed by atoms with E-state index in [1.54, 1.807) is 12.1 Å². The highest BCUT2D eigenvalue weighted by molar-refractivity contribution is 7.99. The van der Waals surface area contributed by atoms with E-state index in [1.165, 1.54) is 11.8 Å². The number of benzene rings is 2. The van der Waals surface area contributed by atoms with Gasteiger partial charge in [0.25, 0.3) is 0 Å². The number of aromatic hydroxyl groups is 1. The second kappa shape index (κ2) is 5.49. The Morgan fingerprint density at radius 2 is 1.90 bits per heavy atom. The number of nitrogens with zero attached hydrogens (tertiary/aromatic N) is 1. The number of nitrogens with one attached hydrogen (secondary N) is 1. The van der Waals surface area contributed by atoms with Crippen molar-refractivity contribution in [2.75, 3.05) is 5.75 Å². The van der Waals surface area contributed by atoms with Crippen molar-refractivity contribution in [2.24, 2.45) is 0 Å². The molecule has 0 radical (unpaired) electrons. The zero-order valence-electron chi connectivity index (χ0n) is 10.9. The molecule has 6 heteroatoms. The van der Waals surface area contributed by atoms with Crippen molar-refractivity contribution in [3.8, 4) is 17.0 Å². The lowest BCUT2D eigenvalue weighted by Gasteiger charge is -2.01. The molecule has 3 N–H and O–H groups in total. The third-order valence-corrected chi connectivity index (χ3v) is 3.94. The lowest BCUT2D eigenvalue weighted by Crippen LogP contribution is -1.97. The van der Waals surface area contributed by atoms with Gasteiger partial charge in [0, 0.05) is 5.56 Å². The number of H-pyrrole nitrogens is 1. The number of fused-ring (bicyclic) bond motifs is 1. The quantitative estimate of drug-likeness (QED) is 0.644. The first-order valence-corrected chi connectivity index (χ1v) is 7.23. The van der Waals surface area contributed by atoms with Crippen molar-refractivity contribution in [2.45, 2.75) is 5.03 Å². The van der Waals surface area contributed by atoms with E-state index in [-0.39, 0.29) is 11.5 Å². The van der Waals surface area contributed by atoms with Crippen LogP contribution in [-0.2, 0) is 4.79 Å². The summed E-state index contributed by atoms with van der Waals surface area (Å²) in [5, 5.41) is 27.8. The zero-order chi connectivity index (χ0) is 14.8. The van der Waals surface area contributed by atoms with E-state index >= 15 is 0 Å². The monoisotopic (exact) mass is 300 g/mol. The molecule has 0 amide bonds. The number of phenols is 1. The molecule has 0 spiro atoms. The van der Waals surface area contributed by atoms with Crippen molar-refractivity contribution < 1.29 is 15.0 Å². The summed E-state index contributed by atoms with van der Waals surface area (Å²) in [4.78, 5) is 10.5. The number of aromatic amines is 1. The summed E-state index contributed by atoms with van der Waals surface area (Å²) in [5.74, 6) is -0.623. The lowest BCUT2D eigenvalue weighted by molar-refractivity contribution is -0.133. The predicted octanol–water partition coefficient (Wildman–Crippen LogP) is 3.11. The minimum absolute atomic E-state index is 0.00136. The fourth-order valence-corrected chi connectivity index (χ4v) is 2.64. The summed E-state index contributed by atoms with van der Waals surface area (Å²) in [5.41, 5.74) is 1.70. The molecule has 106 valence electrons. The smallest absolute Gasteiger partial charge is 0.313 e. The summed E-state index contributed by atoms with van der Waals surface area (Å²) < 4.78 is 0. The average molecular weight is 300 g/mol. The summed E-state index contributed by atoms with van der Waals surface area (Å²) >= 11 is 1.20. The second-order valence-corrected chi connectivity index (χ2v) is 5.56. The normalized spacial score (nSPS) is 10.9. The number of hydrogen-bond acceptors (Lipinski definition) is 4. The van der Waals surface area contributed by atoms with Gasteiger partial charge in [0.15, 0.2) is 0 Å². The van der Waals surface area contributed by atoms with Crippen molar-refractivity contribution >= 4 is 28.5 Å². The third-order valence-electron chi connectivity index (χ3n) is 3.03. The fraction of sp³-hybridized carbons (Fsp3) is 0.0667. The molecule has 0 aliphatic carbocycles. The molecule has 0 atom stereocenters. The van der Waals surface area contributed by atoms with Crippen LogP contribution in [0.5, 0.6) is 5.75 Å². The minimum Gasteiger partial charge on any atom is -0.508 e. The van der Waals surface area contributed by atoms with Crippen LogP contribution < -0.4 is 0 Å². The maximum absolute atomic E-state index is 10.5. The van der Waals surface area contributed by atoms with Crippen LogP contribution in [0.2, 0.25) is 0 Å². The number of aromatic nitrogens is 2. The van der Waals surface area contributed by atoms with Crippen LogP contribution in [0.15, 0.2) is 47.5 Å². The number of carboxylic acid groups (broad SMARTS) is 1. The van der Waals surface area contributed by atoms with Crippen molar-refractivity contribution in [3.63, 3.8) is 0 Å². The van der Waals surface area contributed by atoms with Crippen LogP contribution in [-0.4, -0.2) is 32.1 Å². The molecule has 0 unspecified atom stereocenters. The number of phenolic OH excluding ortho intramolecular Hbond substituents is 1. The Balaban J connectivity index is 1.89. The van der Waals surface area contributed by atoms with Gasteiger partial charge in [-0.25, -0.2) is 0 Å². The van der Waals surface area contributed by atoms with Gasteiger partial charge in [0.05, 0.1) is 16.5 Å². The Labute approximate surface area is 124 Å². The Hall–Kier alpha value is -2.47. The van der Waals surface area contributed by atoms with Crippen LogP contribution in [0.25, 0.3) is 22.0 Å². The summed E-state index contributed by atoms with van der Waals surface area (Å²) in [6.07, 6.45) is 0. The molecule has 5 nitrogen and oxygen atoms in total. The average Bonchev–Trinajstić information content (AvgIpc) is 2.93. The van der Waals surface area contributed by atoms with Crippen LogP contribution in [0, 0.1) is 0 Å². The maximum Gasteiger partial charge on any atom is 0.313 e. The highest BCUT2D eigenvalue weighted by atomic mass is 32.2. The number of hydrogen-bond donors (Lipinski definition) is 3. The van der Waals surface area contributed by atoms with Gasteiger partial charge < -0.3 is 10.2 Å². The minimum atomic E-state index is -0.860. The number of carbonyl (C=O) groups is 1. The van der Waals surface area contributed by atoms with E-state index in [4.69, 9.17) is 5.11 Å². The molecular weight excluding hydrogens is 288 g/mol. The molecule has 3 rings (SSSR count). The molecule has 0 aliphatic rings. The summed E-state index contributed by atoms with van der Waals surface area (Å²) in [7, 11) is 0. The lowest BCUT2D eigenvalue weighted by atomic mass is 10.1. The molecule has 21 heavy (non-hydrogen) atoms. The van der Waals surface area contributed by atoms with Crippen molar-refractivity contribution in [1.82, 2.24) is 10.2 Å². The van der Waals surface area contributed by atoms with E-state index in [1.807, 2.05) is 30.3 Å². The Kier molecular flexibility index (Phi) is 3.53. The zero-order valence-corrected chi connectivity index (χ0v) is 11.7. The van der Waals surface area contributed by atoms with Crippen molar-refractivity contribution in [1.29, 1.82) is 0 Å². The number of thioether (sulfide) groups is 1. The highest BCUT2D eigenvalue weighted by Gasteiger charge is 2.07. The van der Waals surface area contributed by atoms with Gasteiger partial charge in [0.2, 0.25) is 0 Å². The van der Waals surface area contributed by atoms with Gasteiger partial charge in [-0.15, -0.1) is 0 Å². The van der Waals surface area contributed by atoms with Gasteiger partial charge in [-0.2, -0.15) is 5.10 Å². The molecule has 2 aromatic carbocycles. The molecule has 0 bridgehead atoms. The third kappa shape index (κ3) is 3.00. The van der Waals surface area contributed by atoms with Gasteiger partial charge >= 0.3 is 5.97 Å². The topological polar surface area (TPSA) is 86.2 Å². The molecule has 0 saturated carbocycles. The number of carboxylic acids is 1. The molecule has 1 heterocycles. The molecule has 0 aliphatic heterocycles. The van der Waals surface area contributed by atoms with Gasteiger partial charge in [-0.3, -0.25) is 9.89 Å². The first kappa shape index (κ1) is 13.5. The van der Waals surface area contributed by atoms with Crippen LogP contribution >= 0.6 is 11.8 Å². The first-order valence-electron chi connectivity index (χ1n) is 6.25.